The maximum Gasteiger partial charge on any atom is 0.224 e. The van der Waals surface area contributed by atoms with Gasteiger partial charge < -0.3 is 19.5 Å². The fourth-order valence-corrected chi connectivity index (χ4v) is 5.38. The number of aryl methyl sites for hydroxylation is 2. The fraction of sp³-hybridized carbons (Fsp3) is 0.385. The summed E-state index contributed by atoms with van der Waals surface area (Å²) in [4.78, 5) is 24.5. The third-order valence-corrected chi connectivity index (χ3v) is 7.01. The third-order valence-electron chi connectivity index (χ3n) is 7.01. The molecule has 9 nitrogen and oxygen atoms in total. The SMILES string of the molecule is CCNC(=O)[C@@H]1CCN(c2nc3ccc(-c4c(C)noc4C)c4c3n2[C@@H](c2ccccn2)CO4)C1. The van der Waals surface area contributed by atoms with E-state index in [0.717, 1.165) is 64.0 Å². The Balaban J connectivity index is 1.52. The van der Waals surface area contributed by atoms with Crippen LogP contribution in [0.4, 0.5) is 5.95 Å². The largest absolute Gasteiger partial charge is 0.488 e. The van der Waals surface area contributed by atoms with Crippen molar-refractivity contribution in [1.82, 2.24) is 25.0 Å². The molecule has 2 aliphatic heterocycles. The Bertz CT molecular complexity index is 1390. The number of carbonyl (C=O) groups is 1. The predicted molar refractivity (Wildman–Crippen MR) is 132 cm³/mol. The zero-order chi connectivity index (χ0) is 24.1. The topological polar surface area (TPSA) is 98.3 Å². The molecule has 35 heavy (non-hydrogen) atoms. The van der Waals surface area contributed by atoms with Gasteiger partial charge in [0.1, 0.15) is 23.9 Å². The van der Waals surface area contributed by atoms with Gasteiger partial charge in [0, 0.05) is 31.4 Å². The number of carbonyl (C=O) groups excluding carboxylic acids is 1. The zero-order valence-electron chi connectivity index (χ0n) is 20.1. The molecule has 1 saturated heterocycles. The number of hydrogen-bond donors (Lipinski definition) is 1. The molecule has 6 rings (SSSR count). The Morgan fingerprint density at radius 3 is 2.86 bits per heavy atom. The molecular formula is C26H28N6O3. The smallest absolute Gasteiger partial charge is 0.224 e. The number of benzene rings is 1. The van der Waals surface area contributed by atoms with Gasteiger partial charge in [-0.05, 0) is 51.5 Å². The van der Waals surface area contributed by atoms with Crippen LogP contribution in [-0.4, -0.2) is 51.8 Å². The number of aromatic nitrogens is 4. The quantitative estimate of drug-likeness (QED) is 0.473. The van der Waals surface area contributed by atoms with Gasteiger partial charge in [-0.3, -0.25) is 14.3 Å². The molecule has 5 heterocycles. The van der Waals surface area contributed by atoms with E-state index in [1.54, 1.807) is 6.20 Å². The standard InChI is InChI=1S/C26H28N6O3/c1-4-27-25(33)17-10-12-31(13-17)26-29-20-9-8-18(22-15(2)30-35-16(22)3)24-23(20)32(26)21(14-34-24)19-7-5-6-11-28-19/h5-9,11,17,21H,4,10,12-14H2,1-3H3,(H,27,33)/t17-,21-/m1/s1. The molecule has 2 atom stereocenters. The zero-order valence-corrected chi connectivity index (χ0v) is 20.1. The molecule has 0 radical (unpaired) electrons. The van der Waals surface area contributed by atoms with Gasteiger partial charge in [-0.25, -0.2) is 4.98 Å². The van der Waals surface area contributed by atoms with Crippen molar-refractivity contribution in [3.8, 4) is 16.9 Å². The first-order valence-corrected chi connectivity index (χ1v) is 12.1. The molecular weight excluding hydrogens is 444 g/mol. The van der Waals surface area contributed by atoms with Crippen molar-refractivity contribution in [2.24, 2.45) is 5.92 Å². The second kappa shape index (κ2) is 8.41. The summed E-state index contributed by atoms with van der Waals surface area (Å²) < 4.78 is 14.1. The number of anilines is 1. The maximum absolute atomic E-state index is 12.5. The van der Waals surface area contributed by atoms with Crippen LogP contribution in [0.15, 0.2) is 41.1 Å². The van der Waals surface area contributed by atoms with E-state index in [0.29, 0.717) is 19.7 Å². The Hall–Kier alpha value is -3.88. The number of nitrogens with one attached hydrogen (secondary N) is 1. The van der Waals surface area contributed by atoms with E-state index < -0.39 is 0 Å². The molecule has 0 unspecified atom stereocenters. The maximum atomic E-state index is 12.5. The number of amides is 1. The van der Waals surface area contributed by atoms with Gasteiger partial charge in [-0.15, -0.1) is 0 Å². The highest BCUT2D eigenvalue weighted by atomic mass is 16.5. The van der Waals surface area contributed by atoms with Gasteiger partial charge >= 0.3 is 0 Å². The van der Waals surface area contributed by atoms with Crippen molar-refractivity contribution in [2.45, 2.75) is 33.2 Å². The first-order valence-electron chi connectivity index (χ1n) is 12.1. The van der Waals surface area contributed by atoms with Crippen LogP contribution in [0.5, 0.6) is 5.75 Å². The number of ether oxygens (including phenoxy) is 1. The second-order valence-electron chi connectivity index (χ2n) is 9.20. The number of hydrogen-bond acceptors (Lipinski definition) is 7. The van der Waals surface area contributed by atoms with Crippen LogP contribution in [0.25, 0.3) is 22.2 Å². The minimum atomic E-state index is -0.132. The average Bonchev–Trinajstić information content (AvgIpc) is 3.59. The molecule has 4 aromatic rings. The lowest BCUT2D eigenvalue weighted by molar-refractivity contribution is -0.124. The van der Waals surface area contributed by atoms with Crippen LogP contribution in [0.3, 0.4) is 0 Å². The number of pyridine rings is 1. The first kappa shape index (κ1) is 21.6. The highest BCUT2D eigenvalue weighted by Crippen LogP contribution is 2.46. The van der Waals surface area contributed by atoms with E-state index in [1.807, 2.05) is 51.1 Å². The van der Waals surface area contributed by atoms with Crippen LogP contribution >= 0.6 is 0 Å². The van der Waals surface area contributed by atoms with E-state index in [-0.39, 0.29) is 17.9 Å². The molecule has 0 spiro atoms. The Morgan fingerprint density at radius 1 is 1.23 bits per heavy atom. The Labute approximate surface area is 203 Å². The molecule has 1 N–H and O–H groups in total. The van der Waals surface area contributed by atoms with Gasteiger partial charge in [0.25, 0.3) is 0 Å². The Kier molecular flexibility index (Phi) is 5.20. The predicted octanol–water partition coefficient (Wildman–Crippen LogP) is 3.65. The molecule has 0 saturated carbocycles. The van der Waals surface area contributed by atoms with E-state index in [1.165, 1.54) is 0 Å². The summed E-state index contributed by atoms with van der Waals surface area (Å²) in [6.45, 7) is 8.28. The molecule has 2 aliphatic rings. The molecule has 1 fully saturated rings. The number of rotatable bonds is 5. The van der Waals surface area contributed by atoms with Crippen LogP contribution in [0.2, 0.25) is 0 Å². The van der Waals surface area contributed by atoms with Crippen molar-refractivity contribution in [1.29, 1.82) is 0 Å². The van der Waals surface area contributed by atoms with Gasteiger partial charge in [-0.2, -0.15) is 0 Å². The van der Waals surface area contributed by atoms with E-state index in [4.69, 9.17) is 14.2 Å². The van der Waals surface area contributed by atoms with Gasteiger partial charge in [0.2, 0.25) is 11.9 Å². The normalized spacial score (nSPS) is 19.2. The van der Waals surface area contributed by atoms with E-state index >= 15 is 0 Å². The van der Waals surface area contributed by atoms with E-state index in [2.05, 4.69) is 24.9 Å². The fourth-order valence-electron chi connectivity index (χ4n) is 5.38. The van der Waals surface area contributed by atoms with Crippen molar-refractivity contribution in [3.63, 3.8) is 0 Å². The summed E-state index contributed by atoms with van der Waals surface area (Å²) in [6, 6.07) is 9.86. The number of nitrogens with zero attached hydrogens (tertiary/aromatic N) is 5. The van der Waals surface area contributed by atoms with Crippen molar-refractivity contribution in [2.75, 3.05) is 31.1 Å². The van der Waals surface area contributed by atoms with Crippen LogP contribution in [-0.2, 0) is 4.79 Å². The highest BCUT2D eigenvalue weighted by Gasteiger charge is 2.36. The van der Waals surface area contributed by atoms with Crippen molar-refractivity contribution >= 4 is 22.9 Å². The molecule has 3 aromatic heterocycles. The van der Waals surface area contributed by atoms with Crippen LogP contribution < -0.4 is 15.0 Å². The van der Waals surface area contributed by atoms with Crippen molar-refractivity contribution < 1.29 is 14.1 Å². The molecule has 0 bridgehead atoms. The monoisotopic (exact) mass is 472 g/mol. The molecule has 0 aliphatic carbocycles. The molecule has 1 aromatic carbocycles. The van der Waals surface area contributed by atoms with Gasteiger partial charge in [-0.1, -0.05) is 11.2 Å². The lowest BCUT2D eigenvalue weighted by Gasteiger charge is -2.30. The summed E-state index contributed by atoms with van der Waals surface area (Å²) in [5, 5.41) is 7.12. The number of imidazole rings is 1. The second-order valence-corrected chi connectivity index (χ2v) is 9.20. The molecule has 180 valence electrons. The summed E-state index contributed by atoms with van der Waals surface area (Å²) in [7, 11) is 0. The van der Waals surface area contributed by atoms with Crippen molar-refractivity contribution in [3.05, 3.63) is 53.7 Å². The summed E-state index contributed by atoms with van der Waals surface area (Å²) in [5.74, 6) is 2.44. The lowest BCUT2D eigenvalue weighted by atomic mass is 10.0. The molecule has 1 amide bonds. The lowest BCUT2D eigenvalue weighted by Crippen LogP contribution is -2.34. The van der Waals surface area contributed by atoms with Crippen LogP contribution in [0.1, 0.15) is 36.5 Å². The van der Waals surface area contributed by atoms with Crippen LogP contribution in [0, 0.1) is 19.8 Å². The minimum Gasteiger partial charge on any atom is -0.488 e. The Morgan fingerprint density at radius 2 is 2.11 bits per heavy atom. The van der Waals surface area contributed by atoms with Gasteiger partial charge in [0.05, 0.1) is 28.4 Å². The highest BCUT2D eigenvalue weighted by molar-refractivity contribution is 5.94. The van der Waals surface area contributed by atoms with E-state index in [9.17, 15) is 4.79 Å². The minimum absolute atomic E-state index is 0.0481. The average molecular weight is 473 g/mol. The third kappa shape index (κ3) is 3.45. The summed E-state index contributed by atoms with van der Waals surface area (Å²) in [6.07, 6.45) is 2.61. The molecule has 9 heteroatoms. The first-order chi connectivity index (χ1) is 17.1. The summed E-state index contributed by atoms with van der Waals surface area (Å²) in [5.41, 5.74) is 5.42. The summed E-state index contributed by atoms with van der Waals surface area (Å²) >= 11 is 0. The van der Waals surface area contributed by atoms with Gasteiger partial charge in [0.15, 0.2) is 5.75 Å².